The van der Waals surface area contributed by atoms with Crippen molar-refractivity contribution in [2.45, 2.75) is 11.7 Å². The number of alkyl halides is 1. The molecule has 1 unspecified atom stereocenters. The summed E-state index contributed by atoms with van der Waals surface area (Å²) in [5, 5.41) is -0.742. The summed E-state index contributed by atoms with van der Waals surface area (Å²) in [5.74, 6) is -0.672. The van der Waals surface area contributed by atoms with E-state index in [0.717, 1.165) is 6.08 Å². The van der Waals surface area contributed by atoms with Crippen LogP contribution in [0, 0.1) is 0 Å². The maximum absolute atomic E-state index is 12.7. The first-order valence-electron chi connectivity index (χ1n) is 4.79. The molecule has 0 heterocycles. The third-order valence-corrected chi connectivity index (χ3v) is 4.41. The molecule has 18 heavy (non-hydrogen) atoms. The van der Waals surface area contributed by atoms with E-state index < -0.39 is 27.7 Å². The van der Waals surface area contributed by atoms with E-state index in [1.807, 2.05) is 0 Å². The van der Waals surface area contributed by atoms with Crippen LogP contribution in [0.25, 0.3) is 0 Å². The molecule has 0 aromatic carbocycles. The molecule has 0 aromatic heterocycles. The third-order valence-electron chi connectivity index (χ3n) is 2.45. The number of rotatable bonds is 4. The topological polar surface area (TPSA) is 29.1 Å². The average molecular weight is 356 g/mol. The molecule has 1 atom stereocenters. The summed E-state index contributed by atoms with van der Waals surface area (Å²) < 4.78 is 63.6. The summed E-state index contributed by atoms with van der Waals surface area (Å²) in [7, 11) is -8.33. The molecule has 0 saturated heterocycles. The first kappa shape index (κ1) is 15.5. The van der Waals surface area contributed by atoms with Crippen molar-refractivity contribution in [1.29, 1.82) is 0 Å². The first-order valence-corrected chi connectivity index (χ1v) is 7.93. The summed E-state index contributed by atoms with van der Waals surface area (Å²) in [6.45, 7) is 0. The van der Waals surface area contributed by atoms with Crippen LogP contribution in [0.2, 0.25) is 0 Å². The molecule has 1 N–H and O–H groups in total. The highest BCUT2D eigenvalue weighted by atomic mass is 79.9. The smallest absolute Gasteiger partial charge is 0.291 e. The lowest BCUT2D eigenvalue weighted by Gasteiger charge is -2.47. The van der Waals surface area contributed by atoms with Crippen molar-refractivity contribution >= 4 is 31.9 Å². The molecular formula is C9H11BrF5NOS. The lowest BCUT2D eigenvalue weighted by Crippen LogP contribution is -2.29. The van der Waals surface area contributed by atoms with Crippen LogP contribution >= 0.6 is 26.2 Å². The number of carbonyl (C=O) groups excluding carboxylic acids is 1. The normalized spacial score (nSPS) is 24.5. The van der Waals surface area contributed by atoms with Gasteiger partial charge in [0.15, 0.2) is 5.78 Å². The molecule has 1 rings (SSSR count). The van der Waals surface area contributed by atoms with E-state index in [4.69, 9.17) is 0 Å². The summed E-state index contributed by atoms with van der Waals surface area (Å²) in [6.07, 6.45) is 0.587. The number of nitrogens with one attached hydrogen (secondary N) is 1. The number of ketones is 1. The van der Waals surface area contributed by atoms with Gasteiger partial charge in [-0.3, -0.25) is 4.79 Å². The fourth-order valence-corrected chi connectivity index (χ4v) is 2.70. The van der Waals surface area contributed by atoms with Crippen molar-refractivity contribution in [3.05, 3.63) is 23.4 Å². The van der Waals surface area contributed by atoms with Gasteiger partial charge in [0.1, 0.15) is 5.25 Å². The van der Waals surface area contributed by atoms with Gasteiger partial charge in [-0.05, 0) is 6.08 Å². The van der Waals surface area contributed by atoms with Gasteiger partial charge in [-0.2, -0.15) is 0 Å². The van der Waals surface area contributed by atoms with Gasteiger partial charge < -0.3 is 5.32 Å². The van der Waals surface area contributed by atoms with Gasteiger partial charge in [-0.25, -0.2) is 0 Å². The quantitative estimate of drug-likeness (QED) is 0.608. The van der Waals surface area contributed by atoms with Gasteiger partial charge in [0.2, 0.25) is 0 Å². The highest BCUT2D eigenvalue weighted by Gasteiger charge is 2.69. The number of halogens is 6. The fraction of sp³-hybridized carbons (Fsp3) is 0.444. The minimum Gasteiger partial charge on any atom is -0.391 e. The van der Waals surface area contributed by atoms with Crippen LogP contribution in [0.15, 0.2) is 23.4 Å². The summed E-state index contributed by atoms with van der Waals surface area (Å²) >= 11 is 2.79. The Labute approximate surface area is 109 Å². The van der Waals surface area contributed by atoms with Crippen LogP contribution in [0.1, 0.15) is 6.42 Å². The van der Waals surface area contributed by atoms with Crippen molar-refractivity contribution in [2.24, 2.45) is 0 Å². The minimum absolute atomic E-state index is 0.0416. The molecule has 0 aromatic rings. The lowest BCUT2D eigenvalue weighted by atomic mass is 10.0. The van der Waals surface area contributed by atoms with E-state index in [1.54, 1.807) is 0 Å². The van der Waals surface area contributed by atoms with E-state index in [1.165, 1.54) is 7.05 Å². The van der Waals surface area contributed by atoms with Crippen molar-refractivity contribution in [1.82, 2.24) is 5.32 Å². The zero-order valence-electron chi connectivity index (χ0n) is 9.23. The van der Waals surface area contributed by atoms with Crippen LogP contribution in [0.4, 0.5) is 19.4 Å². The predicted octanol–water partition coefficient (Wildman–Crippen LogP) is 4.05. The number of allylic oxidation sites excluding steroid dienone is 3. The zero-order chi connectivity index (χ0) is 14.3. The van der Waals surface area contributed by atoms with E-state index in [-0.39, 0.29) is 16.6 Å². The van der Waals surface area contributed by atoms with E-state index in [2.05, 4.69) is 21.2 Å². The molecule has 0 aliphatic heterocycles. The van der Waals surface area contributed by atoms with E-state index in [9.17, 15) is 24.2 Å². The van der Waals surface area contributed by atoms with Crippen LogP contribution in [0.3, 0.4) is 0 Å². The molecule has 1 aliphatic rings. The van der Waals surface area contributed by atoms with Crippen LogP contribution in [-0.2, 0) is 4.79 Å². The van der Waals surface area contributed by atoms with Gasteiger partial charge in [-0.15, -0.1) is 0 Å². The Morgan fingerprint density at radius 2 is 2.00 bits per heavy atom. The molecule has 0 bridgehead atoms. The average Bonchev–Trinajstić information content (AvgIpc) is 2.24. The highest BCUT2D eigenvalue weighted by Crippen LogP contribution is 3.01. The van der Waals surface area contributed by atoms with Crippen molar-refractivity contribution in [2.75, 3.05) is 12.4 Å². The Bertz CT molecular complexity index is 441. The second-order valence-electron chi connectivity index (χ2n) is 3.87. The monoisotopic (exact) mass is 355 g/mol. The Morgan fingerprint density at radius 1 is 1.44 bits per heavy atom. The summed E-state index contributed by atoms with van der Waals surface area (Å²) in [6, 6.07) is 0. The second kappa shape index (κ2) is 3.96. The Hall–Kier alpha value is -0.570. The molecule has 0 fully saturated rings. The minimum atomic E-state index is -9.65. The summed E-state index contributed by atoms with van der Waals surface area (Å²) in [5.41, 5.74) is -0.402. The Morgan fingerprint density at radius 3 is 2.39 bits per heavy atom. The van der Waals surface area contributed by atoms with E-state index in [0.29, 0.717) is 6.08 Å². The molecule has 1 aliphatic carbocycles. The number of Topliss-reactive ketones (excluding diaryl/α,β-unsaturated/α-hetero) is 1. The fourth-order valence-electron chi connectivity index (χ4n) is 1.48. The highest BCUT2D eigenvalue weighted by molar-refractivity contribution is 9.09. The molecule has 0 radical (unpaired) electrons. The van der Waals surface area contributed by atoms with Gasteiger partial charge in [0.05, 0.1) is 5.33 Å². The largest absolute Gasteiger partial charge is 0.391 e. The number of hydrogen-bond acceptors (Lipinski definition) is 2. The molecule has 9 heteroatoms. The van der Waals surface area contributed by atoms with Gasteiger partial charge in [0.25, 0.3) is 10.2 Å². The first-order chi connectivity index (χ1) is 7.87. The van der Waals surface area contributed by atoms with Crippen molar-refractivity contribution in [3.63, 3.8) is 0 Å². The van der Waals surface area contributed by atoms with E-state index >= 15 is 0 Å². The third kappa shape index (κ3) is 3.71. The second-order valence-corrected chi connectivity index (χ2v) is 7.09. The van der Waals surface area contributed by atoms with Crippen molar-refractivity contribution < 1.29 is 24.2 Å². The van der Waals surface area contributed by atoms with Crippen LogP contribution in [-0.4, -0.2) is 23.4 Å². The summed E-state index contributed by atoms with van der Waals surface area (Å²) in [4.78, 5) is 11.3. The molecule has 0 saturated carbocycles. The molecular weight excluding hydrogens is 345 g/mol. The molecule has 0 spiro atoms. The standard InChI is InChI=1S/C9H11BrF5NOS/c1-16-7-2-6(9(17)5-10)3-8(4-7)18(11,12,13,14)15/h2-3,8,16H,4-5H2,1H3. The van der Waals surface area contributed by atoms with Gasteiger partial charge >= 0.3 is 0 Å². The predicted molar refractivity (Wildman–Crippen MR) is 65.6 cm³/mol. The molecule has 2 nitrogen and oxygen atoms in total. The van der Waals surface area contributed by atoms with Crippen LogP contribution in [0.5, 0.6) is 0 Å². The van der Waals surface area contributed by atoms with Crippen LogP contribution < -0.4 is 5.32 Å². The molecule has 106 valence electrons. The zero-order valence-corrected chi connectivity index (χ0v) is 11.6. The van der Waals surface area contributed by atoms with Crippen molar-refractivity contribution in [3.8, 4) is 0 Å². The maximum Gasteiger partial charge on any atom is 0.291 e. The number of carbonyl (C=O) groups is 1. The lowest BCUT2D eigenvalue weighted by molar-refractivity contribution is -0.112. The van der Waals surface area contributed by atoms with Gasteiger partial charge in [-0.1, -0.05) is 41.4 Å². The SMILES string of the molecule is CNC1=CC(C(=O)CBr)=CC(S(F)(F)(F)(F)F)C1. The molecule has 0 amide bonds. The number of hydrogen-bond donors (Lipinski definition) is 1. The Balaban J connectivity index is 3.25. The van der Waals surface area contributed by atoms with Gasteiger partial charge in [0, 0.05) is 24.7 Å². The Kier molecular flexibility index (Phi) is 3.41. The maximum atomic E-state index is 12.7.